The number of imidazole rings is 1. The van der Waals surface area contributed by atoms with E-state index in [-0.39, 0.29) is 17.7 Å². The molecule has 24 heavy (non-hydrogen) atoms. The van der Waals surface area contributed by atoms with E-state index in [4.69, 9.17) is 4.42 Å². The van der Waals surface area contributed by atoms with Crippen LogP contribution in [0, 0.1) is 6.92 Å². The summed E-state index contributed by atoms with van der Waals surface area (Å²) < 4.78 is 7.32. The van der Waals surface area contributed by atoms with Crippen LogP contribution >= 0.6 is 11.3 Å². The maximum atomic E-state index is 12.7. The summed E-state index contributed by atoms with van der Waals surface area (Å²) in [4.78, 5) is 30.1. The molecule has 1 aliphatic rings. The lowest BCUT2D eigenvalue weighted by molar-refractivity contribution is 0.0917. The number of rotatable bonds is 3. The van der Waals surface area contributed by atoms with Crippen LogP contribution in [-0.4, -0.2) is 26.3 Å². The fraction of sp³-hybridized carbons (Fsp3) is 0.375. The lowest BCUT2D eigenvalue weighted by Crippen LogP contribution is -2.29. The van der Waals surface area contributed by atoms with Gasteiger partial charge in [0.05, 0.1) is 29.1 Å². The number of hydrogen-bond donors (Lipinski definition) is 1. The van der Waals surface area contributed by atoms with Crippen LogP contribution in [0.15, 0.2) is 16.1 Å². The molecule has 7 nitrogen and oxygen atoms in total. The Kier molecular flexibility index (Phi) is 3.49. The lowest BCUT2D eigenvalue weighted by atomic mass is 9.93. The minimum absolute atomic E-state index is 0.0161. The summed E-state index contributed by atoms with van der Waals surface area (Å²) in [6.07, 6.45) is 3.73. The molecule has 8 heteroatoms. The van der Waals surface area contributed by atoms with Crippen molar-refractivity contribution in [2.75, 3.05) is 0 Å². The first kappa shape index (κ1) is 15.1. The lowest BCUT2D eigenvalue weighted by Gasteiger charge is -2.13. The van der Waals surface area contributed by atoms with Crippen molar-refractivity contribution >= 4 is 28.0 Å². The summed E-state index contributed by atoms with van der Waals surface area (Å²) in [5.41, 5.74) is 3.25. The third-order valence-electron chi connectivity index (χ3n) is 4.27. The van der Waals surface area contributed by atoms with E-state index in [0.717, 1.165) is 17.1 Å². The number of ketones is 1. The van der Waals surface area contributed by atoms with Gasteiger partial charge in [0, 0.05) is 12.8 Å². The van der Waals surface area contributed by atoms with Crippen LogP contribution < -0.4 is 5.32 Å². The Balaban J connectivity index is 1.61. The van der Waals surface area contributed by atoms with Crippen molar-refractivity contribution in [3.05, 3.63) is 40.0 Å². The molecule has 3 heterocycles. The summed E-state index contributed by atoms with van der Waals surface area (Å²) in [6, 6.07) is -0.296. The SMILES string of the molecule is Cc1oc2c(c1C(=O)N[C@@H](C)c1cn3ncsc3n1)C(=O)CCC2. The number of carbonyl (C=O) groups excluding carboxylic acids is 2. The molecular formula is C16H16N4O3S. The molecule has 3 aromatic rings. The third-order valence-corrected chi connectivity index (χ3v) is 4.96. The average molecular weight is 344 g/mol. The first-order valence-electron chi connectivity index (χ1n) is 7.79. The first-order valence-corrected chi connectivity index (χ1v) is 8.67. The zero-order chi connectivity index (χ0) is 16.8. The van der Waals surface area contributed by atoms with Crippen LogP contribution in [0.2, 0.25) is 0 Å². The Bertz CT molecular complexity index is 923. The summed E-state index contributed by atoms with van der Waals surface area (Å²) in [6.45, 7) is 3.58. The second kappa shape index (κ2) is 5.55. The zero-order valence-corrected chi connectivity index (χ0v) is 14.1. The highest BCUT2D eigenvalue weighted by Gasteiger charge is 2.31. The monoisotopic (exact) mass is 344 g/mol. The Labute approximate surface area is 141 Å². The summed E-state index contributed by atoms with van der Waals surface area (Å²) in [5.74, 6) is 0.808. The second-order valence-corrected chi connectivity index (χ2v) is 6.75. The summed E-state index contributed by atoms with van der Waals surface area (Å²) >= 11 is 1.43. The number of hydrogen-bond acceptors (Lipinski definition) is 6. The van der Waals surface area contributed by atoms with Crippen LogP contribution in [0.4, 0.5) is 0 Å². The van der Waals surface area contributed by atoms with E-state index < -0.39 is 0 Å². The van der Waals surface area contributed by atoms with E-state index in [9.17, 15) is 9.59 Å². The van der Waals surface area contributed by atoms with Crippen LogP contribution in [0.3, 0.4) is 0 Å². The molecule has 0 spiro atoms. The highest BCUT2D eigenvalue weighted by atomic mass is 32.1. The van der Waals surface area contributed by atoms with Gasteiger partial charge in [-0.05, 0) is 20.3 Å². The topological polar surface area (TPSA) is 89.5 Å². The molecule has 0 radical (unpaired) electrons. The number of aryl methyl sites for hydroxylation is 2. The fourth-order valence-corrected chi connectivity index (χ4v) is 3.70. The van der Waals surface area contributed by atoms with Gasteiger partial charge in [-0.25, -0.2) is 9.50 Å². The normalized spacial score (nSPS) is 15.5. The van der Waals surface area contributed by atoms with Gasteiger partial charge in [0.1, 0.15) is 17.0 Å². The molecule has 0 bridgehead atoms. The molecule has 1 atom stereocenters. The van der Waals surface area contributed by atoms with Crippen LogP contribution in [0.5, 0.6) is 0 Å². The molecule has 0 unspecified atom stereocenters. The minimum atomic E-state index is -0.301. The van der Waals surface area contributed by atoms with Crippen LogP contribution in [0.1, 0.15) is 63.7 Å². The highest BCUT2D eigenvalue weighted by molar-refractivity contribution is 7.14. The summed E-state index contributed by atoms with van der Waals surface area (Å²) in [5, 5.41) is 7.04. The molecule has 0 saturated carbocycles. The fourth-order valence-electron chi connectivity index (χ4n) is 3.09. The van der Waals surface area contributed by atoms with E-state index in [2.05, 4.69) is 15.4 Å². The predicted molar refractivity (Wildman–Crippen MR) is 87.5 cm³/mol. The van der Waals surface area contributed by atoms with Gasteiger partial charge in [-0.1, -0.05) is 11.3 Å². The van der Waals surface area contributed by atoms with Crippen LogP contribution in [0.25, 0.3) is 4.96 Å². The molecule has 0 fully saturated rings. The molecule has 1 aliphatic carbocycles. The Hall–Kier alpha value is -2.48. The van der Waals surface area contributed by atoms with Gasteiger partial charge in [-0.15, -0.1) is 0 Å². The number of fused-ring (bicyclic) bond motifs is 2. The molecule has 1 N–H and O–H groups in total. The predicted octanol–water partition coefficient (Wildman–Crippen LogP) is 2.70. The maximum absolute atomic E-state index is 12.7. The van der Waals surface area contributed by atoms with Gasteiger partial charge in [0.15, 0.2) is 5.78 Å². The van der Waals surface area contributed by atoms with Gasteiger partial charge in [0.2, 0.25) is 4.96 Å². The van der Waals surface area contributed by atoms with Gasteiger partial charge in [-0.2, -0.15) is 5.10 Å². The first-order chi connectivity index (χ1) is 11.5. The van der Waals surface area contributed by atoms with Crippen LogP contribution in [-0.2, 0) is 6.42 Å². The number of furan rings is 1. The minimum Gasteiger partial charge on any atom is -0.465 e. The summed E-state index contributed by atoms with van der Waals surface area (Å²) in [7, 11) is 0. The van der Waals surface area contributed by atoms with E-state index in [1.807, 2.05) is 6.92 Å². The van der Waals surface area contributed by atoms with Gasteiger partial charge >= 0.3 is 0 Å². The number of carbonyl (C=O) groups is 2. The smallest absolute Gasteiger partial charge is 0.256 e. The number of nitrogens with zero attached hydrogens (tertiary/aromatic N) is 3. The van der Waals surface area contributed by atoms with Crippen molar-refractivity contribution in [2.45, 2.75) is 39.2 Å². The van der Waals surface area contributed by atoms with Crippen molar-refractivity contribution in [3.63, 3.8) is 0 Å². The molecule has 124 valence electrons. The van der Waals surface area contributed by atoms with E-state index in [1.165, 1.54) is 11.3 Å². The highest BCUT2D eigenvalue weighted by Crippen LogP contribution is 2.30. The van der Waals surface area contributed by atoms with Gasteiger partial charge in [-0.3, -0.25) is 9.59 Å². The largest absolute Gasteiger partial charge is 0.465 e. The van der Waals surface area contributed by atoms with E-state index in [0.29, 0.717) is 35.5 Å². The number of nitrogens with one attached hydrogen (secondary N) is 1. The average Bonchev–Trinajstić information content (AvgIpc) is 3.18. The quantitative estimate of drug-likeness (QED) is 0.789. The van der Waals surface area contributed by atoms with Crippen molar-refractivity contribution in [3.8, 4) is 0 Å². The number of Topliss-reactive ketones (excluding diaryl/α,β-unsaturated/α-hetero) is 1. The molecular weight excluding hydrogens is 328 g/mol. The van der Waals surface area contributed by atoms with E-state index >= 15 is 0 Å². The zero-order valence-electron chi connectivity index (χ0n) is 13.3. The molecule has 0 saturated heterocycles. The Morgan fingerprint density at radius 2 is 2.29 bits per heavy atom. The van der Waals surface area contributed by atoms with Gasteiger partial charge < -0.3 is 9.73 Å². The molecule has 0 aliphatic heterocycles. The van der Waals surface area contributed by atoms with Crippen molar-refractivity contribution in [1.82, 2.24) is 19.9 Å². The number of aromatic nitrogens is 3. The van der Waals surface area contributed by atoms with Crippen molar-refractivity contribution < 1.29 is 14.0 Å². The van der Waals surface area contributed by atoms with Crippen molar-refractivity contribution in [2.24, 2.45) is 0 Å². The maximum Gasteiger partial charge on any atom is 0.256 e. The molecule has 4 rings (SSSR count). The molecule has 0 aromatic carbocycles. The molecule has 3 aromatic heterocycles. The van der Waals surface area contributed by atoms with Gasteiger partial charge in [0.25, 0.3) is 5.91 Å². The standard InChI is InChI=1S/C16H16N4O3S/c1-8(10-6-20-16(19-10)24-7-17-20)18-15(22)13-9(2)23-12-5-3-4-11(21)14(12)13/h6-8H,3-5H2,1-2H3,(H,18,22)/t8-/m0/s1. The Morgan fingerprint density at radius 1 is 1.46 bits per heavy atom. The second-order valence-electron chi connectivity index (χ2n) is 5.93. The van der Waals surface area contributed by atoms with Crippen molar-refractivity contribution in [1.29, 1.82) is 0 Å². The third kappa shape index (κ3) is 2.34. The molecule has 1 amide bonds. The number of amides is 1. The van der Waals surface area contributed by atoms with E-state index in [1.54, 1.807) is 23.1 Å². The Morgan fingerprint density at radius 3 is 3.08 bits per heavy atom.